The SMILES string of the molecule is CCC1COCCCC1CCCCC(C)CC(C)CC(C)C. The first-order valence-electron chi connectivity index (χ1n) is 10.1. The zero-order valence-electron chi connectivity index (χ0n) is 16.1. The first-order valence-corrected chi connectivity index (χ1v) is 10.1. The number of hydrogen-bond donors (Lipinski definition) is 0. The zero-order valence-corrected chi connectivity index (χ0v) is 16.1. The van der Waals surface area contributed by atoms with Crippen molar-refractivity contribution in [3.05, 3.63) is 0 Å². The largest absolute Gasteiger partial charge is 0.381 e. The van der Waals surface area contributed by atoms with Crippen LogP contribution in [0.3, 0.4) is 0 Å². The Morgan fingerprint density at radius 2 is 1.73 bits per heavy atom. The molecule has 0 spiro atoms. The fourth-order valence-electron chi connectivity index (χ4n) is 4.49. The molecule has 22 heavy (non-hydrogen) atoms. The van der Waals surface area contributed by atoms with Gasteiger partial charge in [0.25, 0.3) is 0 Å². The molecule has 0 saturated carbocycles. The van der Waals surface area contributed by atoms with Crippen molar-refractivity contribution in [3.63, 3.8) is 0 Å². The lowest BCUT2D eigenvalue weighted by Crippen LogP contribution is -2.17. The standard InChI is InChI=1S/C21H42O/c1-6-20-16-22-13-9-12-21(20)11-8-7-10-18(4)15-19(5)14-17(2)3/h17-21H,6-16H2,1-5H3. The van der Waals surface area contributed by atoms with Gasteiger partial charge >= 0.3 is 0 Å². The average molecular weight is 311 g/mol. The molecule has 1 aliphatic heterocycles. The van der Waals surface area contributed by atoms with Gasteiger partial charge in [-0.1, -0.05) is 66.7 Å². The van der Waals surface area contributed by atoms with Crippen molar-refractivity contribution in [1.29, 1.82) is 0 Å². The lowest BCUT2D eigenvalue weighted by Gasteiger charge is -2.23. The number of unbranched alkanes of at least 4 members (excludes halogenated alkanes) is 1. The van der Waals surface area contributed by atoms with E-state index in [0.717, 1.165) is 42.8 Å². The molecule has 0 bridgehead atoms. The molecule has 4 atom stereocenters. The summed E-state index contributed by atoms with van der Waals surface area (Å²) in [5.74, 6) is 4.42. The molecule has 0 aromatic carbocycles. The van der Waals surface area contributed by atoms with Crippen LogP contribution >= 0.6 is 0 Å². The second kappa shape index (κ2) is 11.5. The van der Waals surface area contributed by atoms with E-state index in [4.69, 9.17) is 4.74 Å². The van der Waals surface area contributed by atoms with Gasteiger partial charge in [0, 0.05) is 13.2 Å². The smallest absolute Gasteiger partial charge is 0.0496 e. The summed E-state index contributed by atoms with van der Waals surface area (Å²) in [5, 5.41) is 0. The van der Waals surface area contributed by atoms with Crippen molar-refractivity contribution in [2.75, 3.05) is 13.2 Å². The van der Waals surface area contributed by atoms with Crippen LogP contribution in [0.2, 0.25) is 0 Å². The van der Waals surface area contributed by atoms with Crippen molar-refractivity contribution in [1.82, 2.24) is 0 Å². The summed E-state index contributed by atoms with van der Waals surface area (Å²) in [6.07, 6.45) is 12.5. The van der Waals surface area contributed by atoms with Crippen LogP contribution in [0.1, 0.15) is 92.4 Å². The van der Waals surface area contributed by atoms with Gasteiger partial charge in [-0.3, -0.25) is 0 Å². The number of hydrogen-bond acceptors (Lipinski definition) is 1. The molecule has 1 rings (SSSR count). The quantitative estimate of drug-likeness (QED) is 0.407. The summed E-state index contributed by atoms with van der Waals surface area (Å²) in [7, 11) is 0. The second-order valence-electron chi connectivity index (χ2n) is 8.51. The molecule has 1 heteroatoms. The highest BCUT2D eigenvalue weighted by Crippen LogP contribution is 2.30. The van der Waals surface area contributed by atoms with Crippen LogP contribution in [0.15, 0.2) is 0 Å². The van der Waals surface area contributed by atoms with E-state index < -0.39 is 0 Å². The number of ether oxygens (including phenoxy) is 1. The normalized spacial score (nSPS) is 25.9. The molecule has 0 aromatic heterocycles. The molecule has 1 heterocycles. The third-order valence-electron chi connectivity index (χ3n) is 5.59. The van der Waals surface area contributed by atoms with Crippen molar-refractivity contribution in [2.24, 2.45) is 29.6 Å². The number of rotatable bonds is 10. The third kappa shape index (κ3) is 8.56. The fourth-order valence-corrected chi connectivity index (χ4v) is 4.49. The molecular weight excluding hydrogens is 268 g/mol. The molecule has 1 aliphatic rings. The van der Waals surface area contributed by atoms with Gasteiger partial charge < -0.3 is 4.74 Å². The molecule has 1 fully saturated rings. The Morgan fingerprint density at radius 1 is 0.955 bits per heavy atom. The second-order valence-corrected chi connectivity index (χ2v) is 8.51. The summed E-state index contributed by atoms with van der Waals surface area (Å²) < 4.78 is 5.75. The first-order chi connectivity index (χ1) is 10.5. The summed E-state index contributed by atoms with van der Waals surface area (Å²) >= 11 is 0. The lowest BCUT2D eigenvalue weighted by molar-refractivity contribution is 0.101. The molecule has 1 saturated heterocycles. The Balaban J connectivity index is 2.15. The van der Waals surface area contributed by atoms with Crippen LogP contribution in [0, 0.1) is 29.6 Å². The van der Waals surface area contributed by atoms with Crippen molar-refractivity contribution in [2.45, 2.75) is 92.4 Å². The van der Waals surface area contributed by atoms with E-state index >= 15 is 0 Å². The van der Waals surface area contributed by atoms with Crippen LogP contribution in [0.25, 0.3) is 0 Å². The molecule has 4 unspecified atom stereocenters. The molecule has 1 nitrogen and oxygen atoms in total. The van der Waals surface area contributed by atoms with Gasteiger partial charge in [0.1, 0.15) is 0 Å². The minimum atomic E-state index is 0.825. The van der Waals surface area contributed by atoms with Crippen molar-refractivity contribution >= 4 is 0 Å². The predicted octanol–water partition coefficient (Wildman–Crippen LogP) is 6.71. The van der Waals surface area contributed by atoms with Crippen LogP contribution in [-0.4, -0.2) is 13.2 Å². The third-order valence-corrected chi connectivity index (χ3v) is 5.59. The van der Waals surface area contributed by atoms with E-state index in [2.05, 4.69) is 34.6 Å². The van der Waals surface area contributed by atoms with Crippen LogP contribution < -0.4 is 0 Å². The Hall–Kier alpha value is -0.0400. The van der Waals surface area contributed by atoms with Crippen LogP contribution in [0.4, 0.5) is 0 Å². The highest BCUT2D eigenvalue weighted by molar-refractivity contribution is 4.72. The van der Waals surface area contributed by atoms with Crippen molar-refractivity contribution in [3.8, 4) is 0 Å². The Bertz CT molecular complexity index is 261. The molecule has 0 amide bonds. The van der Waals surface area contributed by atoms with Crippen LogP contribution in [0.5, 0.6) is 0 Å². The van der Waals surface area contributed by atoms with E-state index in [9.17, 15) is 0 Å². The lowest BCUT2D eigenvalue weighted by atomic mass is 9.83. The Labute approximate surface area is 140 Å². The molecule has 132 valence electrons. The van der Waals surface area contributed by atoms with Gasteiger partial charge in [-0.05, 0) is 55.3 Å². The Morgan fingerprint density at radius 3 is 2.41 bits per heavy atom. The predicted molar refractivity (Wildman–Crippen MR) is 98.2 cm³/mol. The molecule has 0 aromatic rings. The van der Waals surface area contributed by atoms with Crippen LogP contribution in [-0.2, 0) is 4.74 Å². The highest BCUT2D eigenvalue weighted by Gasteiger charge is 2.22. The molecular formula is C21H42O. The summed E-state index contributed by atoms with van der Waals surface area (Å²) in [6.45, 7) is 14.0. The minimum Gasteiger partial charge on any atom is -0.381 e. The topological polar surface area (TPSA) is 9.23 Å². The van der Waals surface area contributed by atoms with E-state index in [-0.39, 0.29) is 0 Å². The Kier molecular flexibility index (Phi) is 10.4. The molecule has 0 aliphatic carbocycles. The average Bonchev–Trinajstić information content (AvgIpc) is 2.67. The van der Waals surface area contributed by atoms with Crippen molar-refractivity contribution < 1.29 is 4.74 Å². The van der Waals surface area contributed by atoms with Gasteiger partial charge in [0.05, 0.1) is 0 Å². The van der Waals surface area contributed by atoms with E-state index in [1.54, 1.807) is 0 Å². The zero-order chi connectivity index (χ0) is 16.4. The van der Waals surface area contributed by atoms with Gasteiger partial charge in [-0.15, -0.1) is 0 Å². The minimum absolute atomic E-state index is 0.825. The fraction of sp³-hybridized carbons (Fsp3) is 1.00. The molecule has 0 radical (unpaired) electrons. The van der Waals surface area contributed by atoms with E-state index in [0.29, 0.717) is 0 Å². The highest BCUT2D eigenvalue weighted by atomic mass is 16.5. The summed E-state index contributed by atoms with van der Waals surface area (Å²) in [5.41, 5.74) is 0. The maximum Gasteiger partial charge on any atom is 0.0496 e. The van der Waals surface area contributed by atoms with E-state index in [1.807, 2.05) is 0 Å². The maximum atomic E-state index is 5.75. The molecule has 0 N–H and O–H groups in total. The monoisotopic (exact) mass is 310 g/mol. The van der Waals surface area contributed by atoms with Gasteiger partial charge in [-0.2, -0.15) is 0 Å². The summed E-state index contributed by atoms with van der Waals surface area (Å²) in [6, 6.07) is 0. The van der Waals surface area contributed by atoms with Gasteiger partial charge in [0.15, 0.2) is 0 Å². The van der Waals surface area contributed by atoms with Gasteiger partial charge in [-0.25, -0.2) is 0 Å². The maximum absolute atomic E-state index is 5.75. The van der Waals surface area contributed by atoms with E-state index in [1.165, 1.54) is 57.8 Å². The summed E-state index contributed by atoms with van der Waals surface area (Å²) in [4.78, 5) is 0. The first kappa shape index (κ1) is 20.0. The van der Waals surface area contributed by atoms with Gasteiger partial charge in [0.2, 0.25) is 0 Å².